The Labute approximate surface area is 109 Å². The summed E-state index contributed by atoms with van der Waals surface area (Å²) in [4.78, 5) is 0. The number of hydrogen-bond acceptors (Lipinski definition) is 2. The Kier molecular flexibility index (Phi) is 6.50. The fourth-order valence-electron chi connectivity index (χ4n) is 2.83. The SMILES string of the molecule is C1CCCC(SSC2CCCCCC2)CC1. The predicted molar refractivity (Wildman–Crippen MR) is 78.2 cm³/mol. The summed E-state index contributed by atoms with van der Waals surface area (Å²) < 4.78 is 0. The summed E-state index contributed by atoms with van der Waals surface area (Å²) in [6.07, 6.45) is 17.9. The van der Waals surface area contributed by atoms with Gasteiger partial charge in [0.05, 0.1) is 0 Å². The summed E-state index contributed by atoms with van der Waals surface area (Å²) in [6.45, 7) is 0. The van der Waals surface area contributed by atoms with E-state index in [2.05, 4.69) is 21.6 Å². The molecule has 0 bridgehead atoms. The van der Waals surface area contributed by atoms with E-state index in [1.807, 2.05) is 0 Å². The van der Waals surface area contributed by atoms with E-state index < -0.39 is 0 Å². The van der Waals surface area contributed by atoms with E-state index in [4.69, 9.17) is 0 Å². The molecular formula is C14H26S2. The van der Waals surface area contributed by atoms with Gasteiger partial charge in [-0.3, -0.25) is 0 Å². The Morgan fingerprint density at radius 3 is 1.06 bits per heavy atom. The van der Waals surface area contributed by atoms with Crippen LogP contribution in [0.5, 0.6) is 0 Å². The fraction of sp³-hybridized carbons (Fsp3) is 1.00. The fourth-order valence-corrected chi connectivity index (χ4v) is 6.30. The van der Waals surface area contributed by atoms with Crippen LogP contribution in [0.4, 0.5) is 0 Å². The molecule has 16 heavy (non-hydrogen) atoms. The molecule has 0 nitrogen and oxygen atoms in total. The lowest BCUT2D eigenvalue weighted by atomic mass is 10.2. The van der Waals surface area contributed by atoms with Crippen molar-refractivity contribution < 1.29 is 0 Å². The average molecular weight is 258 g/mol. The van der Waals surface area contributed by atoms with Crippen LogP contribution in [0, 0.1) is 0 Å². The minimum absolute atomic E-state index is 0.982. The first kappa shape index (κ1) is 13.1. The molecule has 2 aliphatic rings. The highest BCUT2D eigenvalue weighted by Crippen LogP contribution is 2.41. The van der Waals surface area contributed by atoms with Crippen LogP contribution in [0.3, 0.4) is 0 Å². The average Bonchev–Trinajstić information content (AvgIpc) is 2.71. The zero-order valence-electron chi connectivity index (χ0n) is 10.5. The molecule has 0 heterocycles. The molecular weight excluding hydrogens is 232 g/mol. The highest BCUT2D eigenvalue weighted by atomic mass is 33.1. The van der Waals surface area contributed by atoms with Crippen molar-refractivity contribution in [3.8, 4) is 0 Å². The summed E-state index contributed by atoms with van der Waals surface area (Å²) >= 11 is 0. The summed E-state index contributed by atoms with van der Waals surface area (Å²) in [5, 5.41) is 1.96. The van der Waals surface area contributed by atoms with E-state index >= 15 is 0 Å². The monoisotopic (exact) mass is 258 g/mol. The van der Waals surface area contributed by atoms with Gasteiger partial charge in [-0.1, -0.05) is 73.0 Å². The first-order valence-electron chi connectivity index (χ1n) is 7.27. The van der Waals surface area contributed by atoms with Crippen molar-refractivity contribution in [1.82, 2.24) is 0 Å². The molecule has 0 amide bonds. The lowest BCUT2D eigenvalue weighted by molar-refractivity contribution is 0.702. The number of hydrogen-bond donors (Lipinski definition) is 0. The molecule has 94 valence electrons. The zero-order valence-corrected chi connectivity index (χ0v) is 12.1. The Hall–Kier alpha value is 0.700. The zero-order chi connectivity index (χ0) is 11.1. The Balaban J connectivity index is 1.64. The molecule has 2 fully saturated rings. The van der Waals surface area contributed by atoms with Gasteiger partial charge in [-0.25, -0.2) is 0 Å². The smallest absolute Gasteiger partial charge is 0.0151 e. The van der Waals surface area contributed by atoms with Crippen LogP contribution >= 0.6 is 21.6 Å². The van der Waals surface area contributed by atoms with Crippen LogP contribution in [0.1, 0.15) is 77.0 Å². The van der Waals surface area contributed by atoms with Crippen LogP contribution in [-0.2, 0) is 0 Å². The van der Waals surface area contributed by atoms with Gasteiger partial charge in [-0.2, -0.15) is 0 Å². The van der Waals surface area contributed by atoms with Gasteiger partial charge in [0.25, 0.3) is 0 Å². The van der Waals surface area contributed by atoms with Crippen LogP contribution in [0.2, 0.25) is 0 Å². The second-order valence-electron chi connectivity index (χ2n) is 5.42. The third kappa shape index (κ3) is 4.91. The van der Waals surface area contributed by atoms with Crippen molar-refractivity contribution in [2.24, 2.45) is 0 Å². The maximum atomic E-state index is 2.24. The molecule has 2 saturated carbocycles. The van der Waals surface area contributed by atoms with Crippen molar-refractivity contribution in [3.63, 3.8) is 0 Å². The standard InChI is InChI=1S/C14H26S2/c1-2-6-10-13(9-5-1)15-16-14-11-7-3-4-8-12-14/h13-14H,1-12H2. The van der Waals surface area contributed by atoms with Crippen LogP contribution in [0.15, 0.2) is 0 Å². The van der Waals surface area contributed by atoms with Gasteiger partial charge in [0.15, 0.2) is 0 Å². The molecule has 0 aromatic carbocycles. The third-order valence-corrected chi connectivity index (χ3v) is 7.50. The quantitative estimate of drug-likeness (QED) is 0.462. The highest BCUT2D eigenvalue weighted by Gasteiger charge is 2.17. The molecule has 0 atom stereocenters. The Morgan fingerprint density at radius 2 is 0.750 bits per heavy atom. The Bertz CT molecular complexity index is 146. The third-order valence-electron chi connectivity index (χ3n) is 3.93. The predicted octanol–water partition coefficient (Wildman–Crippen LogP) is 5.81. The topological polar surface area (TPSA) is 0 Å². The van der Waals surface area contributed by atoms with E-state index in [1.165, 1.54) is 77.0 Å². The second kappa shape index (κ2) is 7.92. The molecule has 0 aromatic rings. The van der Waals surface area contributed by atoms with Gasteiger partial charge < -0.3 is 0 Å². The van der Waals surface area contributed by atoms with Gasteiger partial charge in [-0.15, -0.1) is 0 Å². The number of rotatable bonds is 3. The lowest BCUT2D eigenvalue weighted by Crippen LogP contribution is -2.03. The van der Waals surface area contributed by atoms with Crippen LogP contribution in [0.25, 0.3) is 0 Å². The van der Waals surface area contributed by atoms with Gasteiger partial charge in [-0.05, 0) is 25.7 Å². The van der Waals surface area contributed by atoms with Crippen molar-refractivity contribution in [2.75, 3.05) is 0 Å². The minimum Gasteiger partial charge on any atom is -0.0904 e. The largest absolute Gasteiger partial charge is 0.0904 e. The molecule has 0 radical (unpaired) electrons. The van der Waals surface area contributed by atoms with Crippen molar-refractivity contribution >= 4 is 21.6 Å². The summed E-state index contributed by atoms with van der Waals surface area (Å²) in [6, 6.07) is 0. The van der Waals surface area contributed by atoms with Crippen molar-refractivity contribution in [3.05, 3.63) is 0 Å². The molecule has 2 rings (SSSR count). The molecule has 0 spiro atoms. The molecule has 0 unspecified atom stereocenters. The maximum Gasteiger partial charge on any atom is 0.0151 e. The van der Waals surface area contributed by atoms with Crippen LogP contribution < -0.4 is 0 Å². The van der Waals surface area contributed by atoms with E-state index in [-0.39, 0.29) is 0 Å². The van der Waals surface area contributed by atoms with Gasteiger partial charge in [0, 0.05) is 10.5 Å². The first-order valence-corrected chi connectivity index (χ1v) is 9.55. The van der Waals surface area contributed by atoms with E-state index in [0.717, 1.165) is 10.5 Å². The molecule has 2 aliphatic carbocycles. The normalized spacial score (nSPS) is 26.2. The molecule has 0 saturated heterocycles. The summed E-state index contributed by atoms with van der Waals surface area (Å²) in [5.41, 5.74) is 0. The first-order chi connectivity index (χ1) is 7.95. The second-order valence-corrected chi connectivity index (χ2v) is 8.29. The molecule has 0 aromatic heterocycles. The van der Waals surface area contributed by atoms with Gasteiger partial charge in [0.1, 0.15) is 0 Å². The molecule has 2 heteroatoms. The summed E-state index contributed by atoms with van der Waals surface area (Å²) in [5.74, 6) is 0. The minimum atomic E-state index is 0.982. The van der Waals surface area contributed by atoms with Crippen molar-refractivity contribution in [2.45, 2.75) is 87.5 Å². The summed E-state index contributed by atoms with van der Waals surface area (Å²) in [7, 11) is 4.49. The van der Waals surface area contributed by atoms with Crippen molar-refractivity contribution in [1.29, 1.82) is 0 Å². The van der Waals surface area contributed by atoms with E-state index in [1.54, 1.807) is 0 Å². The molecule has 0 aliphatic heterocycles. The van der Waals surface area contributed by atoms with E-state index in [0.29, 0.717) is 0 Å². The maximum absolute atomic E-state index is 2.24. The van der Waals surface area contributed by atoms with E-state index in [9.17, 15) is 0 Å². The Morgan fingerprint density at radius 1 is 0.438 bits per heavy atom. The molecule has 0 N–H and O–H groups in total. The van der Waals surface area contributed by atoms with Crippen LogP contribution in [-0.4, -0.2) is 10.5 Å². The van der Waals surface area contributed by atoms with Gasteiger partial charge in [0.2, 0.25) is 0 Å². The van der Waals surface area contributed by atoms with Gasteiger partial charge >= 0.3 is 0 Å². The highest BCUT2D eigenvalue weighted by molar-refractivity contribution is 8.77. The lowest BCUT2D eigenvalue weighted by Gasteiger charge is -2.17.